The van der Waals surface area contributed by atoms with Crippen molar-refractivity contribution in [2.75, 3.05) is 26.9 Å². The monoisotopic (exact) mass is 524 g/mol. The van der Waals surface area contributed by atoms with Gasteiger partial charge in [0, 0.05) is 39.6 Å². The van der Waals surface area contributed by atoms with E-state index in [0.717, 1.165) is 26.9 Å². The molecule has 37 heavy (non-hydrogen) atoms. The van der Waals surface area contributed by atoms with Gasteiger partial charge in [-0.3, -0.25) is 14.2 Å². The molecule has 0 aliphatic carbocycles. The number of rotatable bonds is 9. The number of methoxy groups -OCH3 is 1. The third-order valence-electron chi connectivity index (χ3n) is 6.50. The van der Waals surface area contributed by atoms with E-state index >= 15 is 0 Å². The number of carbonyl (C=O) groups excluding carboxylic acids is 1. The van der Waals surface area contributed by atoms with Crippen LogP contribution < -0.4 is 15.5 Å². The Balaban J connectivity index is 1.47. The van der Waals surface area contributed by atoms with E-state index in [1.165, 1.54) is 11.3 Å². The Morgan fingerprint density at radius 3 is 2.57 bits per heavy atom. The van der Waals surface area contributed by atoms with Crippen LogP contribution in [0.4, 0.5) is 4.79 Å². The summed E-state index contributed by atoms with van der Waals surface area (Å²) in [6.07, 6.45) is -0.628. The predicted molar refractivity (Wildman–Crippen MR) is 139 cm³/mol. The molecule has 1 unspecified atom stereocenters. The van der Waals surface area contributed by atoms with Gasteiger partial charge in [0.25, 0.3) is 0 Å². The number of aromatic nitrogens is 1. The van der Waals surface area contributed by atoms with Crippen LogP contribution in [0, 0.1) is 11.3 Å². The van der Waals surface area contributed by atoms with Crippen LogP contribution in [0.15, 0.2) is 47.3 Å². The van der Waals surface area contributed by atoms with Crippen LogP contribution in [0.5, 0.6) is 0 Å². The molecule has 0 bridgehead atoms. The van der Waals surface area contributed by atoms with Crippen molar-refractivity contribution in [1.82, 2.24) is 15.2 Å². The van der Waals surface area contributed by atoms with Gasteiger partial charge in [0.1, 0.15) is 11.6 Å². The third kappa shape index (κ3) is 5.99. The van der Waals surface area contributed by atoms with Crippen LogP contribution in [-0.4, -0.2) is 60.2 Å². The first-order valence-electron chi connectivity index (χ1n) is 11.9. The molecule has 1 aromatic heterocycles. The maximum absolute atomic E-state index is 13.0. The molecule has 1 fully saturated rings. The summed E-state index contributed by atoms with van der Waals surface area (Å²) >= 11 is 1.21. The second-order valence-electron chi connectivity index (χ2n) is 8.88. The van der Waals surface area contributed by atoms with Crippen LogP contribution in [0.2, 0.25) is 0 Å². The number of amides is 2. The molecule has 194 valence electrons. The Morgan fingerprint density at radius 2 is 1.92 bits per heavy atom. The number of ether oxygens (including phenoxy) is 2. The lowest BCUT2D eigenvalue weighted by atomic mass is 9.88. The second kappa shape index (κ2) is 11.6. The Kier molecular flexibility index (Phi) is 8.23. The largest absolute Gasteiger partial charge is 0.465 e. The molecule has 1 atom stereocenters. The quantitative estimate of drug-likeness (QED) is 0.391. The number of carboxylic acid groups (broad SMARTS) is 1. The minimum Gasteiger partial charge on any atom is -0.465 e. The summed E-state index contributed by atoms with van der Waals surface area (Å²) in [6, 6.07) is 14.8. The number of nitrogens with zero attached hydrogens (tertiary/aromatic N) is 2. The molecule has 11 heteroatoms. The Labute approximate surface area is 217 Å². The fourth-order valence-corrected chi connectivity index (χ4v) is 5.36. The van der Waals surface area contributed by atoms with Crippen molar-refractivity contribution in [2.45, 2.75) is 37.4 Å². The summed E-state index contributed by atoms with van der Waals surface area (Å²) in [6.45, 7) is 1.44. The Bertz CT molecular complexity index is 1370. The number of nitriles is 1. The van der Waals surface area contributed by atoms with Gasteiger partial charge >= 0.3 is 11.0 Å². The molecular formula is C26H28N4O6S. The zero-order chi connectivity index (χ0) is 26.4. The van der Waals surface area contributed by atoms with Crippen LogP contribution in [-0.2, 0) is 27.2 Å². The second-order valence-corrected chi connectivity index (χ2v) is 9.87. The van der Waals surface area contributed by atoms with E-state index < -0.39 is 23.6 Å². The van der Waals surface area contributed by atoms with Crippen molar-refractivity contribution in [2.24, 2.45) is 0 Å². The van der Waals surface area contributed by atoms with Crippen molar-refractivity contribution in [3.05, 3.63) is 57.7 Å². The molecular weight excluding hydrogens is 496 g/mol. The van der Waals surface area contributed by atoms with Crippen LogP contribution >= 0.6 is 11.3 Å². The number of carbonyl (C=O) groups is 2. The van der Waals surface area contributed by atoms with Crippen molar-refractivity contribution < 1.29 is 24.2 Å². The first kappa shape index (κ1) is 26.3. The van der Waals surface area contributed by atoms with Crippen molar-refractivity contribution in [3.8, 4) is 17.2 Å². The van der Waals surface area contributed by atoms with E-state index in [1.54, 1.807) is 11.7 Å². The molecule has 0 radical (unpaired) electrons. The molecule has 1 aliphatic rings. The van der Waals surface area contributed by atoms with Gasteiger partial charge in [-0.2, -0.15) is 5.26 Å². The molecule has 2 heterocycles. The van der Waals surface area contributed by atoms with E-state index in [-0.39, 0.29) is 37.3 Å². The van der Waals surface area contributed by atoms with Crippen LogP contribution in [0.3, 0.4) is 0 Å². The van der Waals surface area contributed by atoms with E-state index in [2.05, 4.69) is 16.7 Å². The van der Waals surface area contributed by atoms with E-state index in [9.17, 15) is 24.8 Å². The van der Waals surface area contributed by atoms with Crippen molar-refractivity contribution >= 4 is 33.6 Å². The van der Waals surface area contributed by atoms with Gasteiger partial charge in [-0.15, -0.1) is 0 Å². The van der Waals surface area contributed by atoms with Crippen LogP contribution in [0.25, 0.3) is 21.3 Å². The van der Waals surface area contributed by atoms with Gasteiger partial charge in [-0.05, 0) is 28.8 Å². The SMILES string of the molecule is COCCn1c(=O)sc2ccc(-c3ccc(CC(C#N)NC(=O)C4(NC(=O)O)CCOCC4)cc3)cc21. The highest BCUT2D eigenvalue weighted by atomic mass is 32.1. The molecule has 2 amide bonds. The fraction of sp³-hybridized carbons (Fsp3) is 0.385. The fourth-order valence-electron chi connectivity index (χ4n) is 4.46. The van der Waals surface area contributed by atoms with Gasteiger partial charge in [0.15, 0.2) is 0 Å². The summed E-state index contributed by atoms with van der Waals surface area (Å²) in [5.74, 6) is -0.523. The minimum atomic E-state index is -1.31. The Hall–Kier alpha value is -3.72. The molecule has 4 rings (SSSR count). The normalized spacial score (nSPS) is 15.6. The molecule has 10 nitrogen and oxygen atoms in total. The number of fused-ring (bicyclic) bond motifs is 1. The molecule has 3 aromatic rings. The highest BCUT2D eigenvalue weighted by Crippen LogP contribution is 2.27. The van der Waals surface area contributed by atoms with E-state index in [4.69, 9.17) is 9.47 Å². The number of thiazole rings is 1. The van der Waals surface area contributed by atoms with Crippen molar-refractivity contribution in [1.29, 1.82) is 5.26 Å². The molecule has 1 aliphatic heterocycles. The number of hydrogen-bond donors (Lipinski definition) is 3. The lowest BCUT2D eigenvalue weighted by Gasteiger charge is -2.36. The molecule has 3 N–H and O–H groups in total. The molecule has 0 spiro atoms. The van der Waals surface area contributed by atoms with Gasteiger partial charge in [0.2, 0.25) is 5.91 Å². The highest BCUT2D eigenvalue weighted by molar-refractivity contribution is 7.16. The first-order valence-corrected chi connectivity index (χ1v) is 12.7. The van der Waals surface area contributed by atoms with Gasteiger partial charge in [-0.25, -0.2) is 4.79 Å². The zero-order valence-corrected chi connectivity index (χ0v) is 21.2. The number of hydrogen-bond acceptors (Lipinski definition) is 7. The maximum atomic E-state index is 13.0. The average Bonchev–Trinajstić information content (AvgIpc) is 3.21. The molecule has 1 saturated heterocycles. The average molecular weight is 525 g/mol. The summed E-state index contributed by atoms with van der Waals surface area (Å²) in [4.78, 5) is 36.6. The van der Waals surface area contributed by atoms with Gasteiger partial charge < -0.3 is 25.2 Å². The van der Waals surface area contributed by atoms with Crippen molar-refractivity contribution in [3.63, 3.8) is 0 Å². The maximum Gasteiger partial charge on any atom is 0.405 e. The summed E-state index contributed by atoms with van der Waals surface area (Å²) < 4.78 is 13.0. The van der Waals surface area contributed by atoms with Gasteiger partial charge in [0.05, 0.1) is 29.4 Å². The van der Waals surface area contributed by atoms with E-state index in [0.29, 0.717) is 13.2 Å². The number of benzene rings is 2. The summed E-state index contributed by atoms with van der Waals surface area (Å²) in [7, 11) is 1.60. The van der Waals surface area contributed by atoms with Crippen LogP contribution in [0.1, 0.15) is 18.4 Å². The van der Waals surface area contributed by atoms with E-state index in [1.807, 2.05) is 42.5 Å². The highest BCUT2D eigenvalue weighted by Gasteiger charge is 2.42. The first-order chi connectivity index (χ1) is 17.8. The third-order valence-corrected chi connectivity index (χ3v) is 7.46. The lowest BCUT2D eigenvalue weighted by molar-refractivity contribution is -0.131. The Morgan fingerprint density at radius 1 is 1.22 bits per heavy atom. The minimum absolute atomic E-state index is 0.0229. The molecule has 2 aromatic carbocycles. The standard InChI is InChI=1S/C26H28N4O6S/c1-35-13-10-30-21-15-19(6-7-22(21)37-25(30)34)18-4-2-17(3-5-18)14-20(16-27)28-23(31)26(29-24(32)33)8-11-36-12-9-26/h2-7,15,20,29H,8-14H2,1H3,(H,28,31)(H,32,33). The summed E-state index contributed by atoms with van der Waals surface area (Å²) in [5.41, 5.74) is 2.29. The lowest BCUT2D eigenvalue weighted by Crippen LogP contribution is -2.62. The molecule has 0 saturated carbocycles. The smallest absolute Gasteiger partial charge is 0.405 e. The van der Waals surface area contributed by atoms with Gasteiger partial charge in [-0.1, -0.05) is 41.7 Å². The zero-order valence-electron chi connectivity index (χ0n) is 20.4. The summed E-state index contributed by atoms with van der Waals surface area (Å²) in [5, 5.41) is 23.9. The number of nitrogens with one attached hydrogen (secondary N) is 2. The topological polar surface area (TPSA) is 143 Å². The predicted octanol–water partition coefficient (Wildman–Crippen LogP) is 2.74.